The van der Waals surface area contributed by atoms with Crippen LogP contribution >= 0.6 is 17.2 Å². The largest absolute Gasteiger partial charge is 0.333 e. The summed E-state index contributed by atoms with van der Waals surface area (Å²) in [5, 5.41) is 0. The highest BCUT2D eigenvalue weighted by atomic mass is 31.2. The van der Waals surface area contributed by atoms with Crippen molar-refractivity contribution in [3.63, 3.8) is 0 Å². The van der Waals surface area contributed by atoms with Crippen LogP contribution in [0.15, 0.2) is 36.4 Å². The summed E-state index contributed by atoms with van der Waals surface area (Å²) in [5.41, 5.74) is 6.92. The maximum atomic E-state index is 5.87. The van der Waals surface area contributed by atoms with Crippen LogP contribution in [0.3, 0.4) is 0 Å². The van der Waals surface area contributed by atoms with Gasteiger partial charge in [-0.15, -0.1) is 0 Å². The number of benzene rings is 2. The van der Waals surface area contributed by atoms with E-state index in [4.69, 9.17) is 27.1 Å². The van der Waals surface area contributed by atoms with Gasteiger partial charge in [-0.3, -0.25) is 0 Å². The van der Waals surface area contributed by atoms with Crippen LogP contribution in [-0.4, -0.2) is 26.4 Å². The summed E-state index contributed by atoms with van der Waals surface area (Å²) in [6.07, 6.45) is 0. The Kier molecular flexibility index (Phi) is 7.74. The lowest BCUT2D eigenvalue weighted by Gasteiger charge is -2.41. The van der Waals surface area contributed by atoms with Crippen LogP contribution in [-0.2, 0) is 40.4 Å². The third-order valence-corrected chi connectivity index (χ3v) is 7.59. The van der Waals surface area contributed by atoms with Crippen LogP contribution < -0.4 is 0 Å². The van der Waals surface area contributed by atoms with E-state index in [-0.39, 0.29) is 5.41 Å². The van der Waals surface area contributed by atoms with Gasteiger partial charge < -0.3 is 27.1 Å². The maximum Gasteiger partial charge on any atom is 0.333 e. The molecule has 0 radical (unpaired) electrons. The molecule has 31 heavy (non-hydrogen) atoms. The number of hydrogen-bond acceptors (Lipinski definition) is 6. The third kappa shape index (κ3) is 6.10. The number of rotatable bonds is 6. The van der Waals surface area contributed by atoms with E-state index in [1.807, 2.05) is 0 Å². The first kappa shape index (κ1) is 23.2. The Labute approximate surface area is 187 Å². The highest BCUT2D eigenvalue weighted by Gasteiger charge is 2.44. The molecule has 1 spiro atoms. The monoisotopic (exact) mass is 464 g/mol. The molecule has 0 atom stereocenters. The summed E-state index contributed by atoms with van der Waals surface area (Å²) in [6, 6.07) is 12.7. The minimum atomic E-state index is -1.36. The molecular formula is C23H30O6P2. The summed E-state index contributed by atoms with van der Waals surface area (Å²) < 4.78 is 35.2. The van der Waals surface area contributed by atoms with Gasteiger partial charge in [0.05, 0.1) is 45.1 Å². The van der Waals surface area contributed by atoms with Crippen molar-refractivity contribution >= 4 is 17.2 Å². The molecule has 8 heteroatoms. The number of aryl methyl sites for hydroxylation is 4. The third-order valence-electron chi connectivity index (χ3n) is 5.55. The quantitative estimate of drug-likeness (QED) is 0.476. The van der Waals surface area contributed by atoms with Crippen molar-refractivity contribution < 1.29 is 27.1 Å². The minimum absolute atomic E-state index is 0.302. The summed E-state index contributed by atoms with van der Waals surface area (Å²) in [4.78, 5) is 0. The van der Waals surface area contributed by atoms with Gasteiger partial charge in [-0.25, -0.2) is 0 Å². The molecule has 0 aromatic heterocycles. The second-order valence-electron chi connectivity index (χ2n) is 8.45. The zero-order valence-corrected chi connectivity index (χ0v) is 20.3. The molecule has 0 aliphatic carbocycles. The lowest BCUT2D eigenvalue weighted by Crippen LogP contribution is -2.44. The molecule has 0 amide bonds. The fourth-order valence-corrected chi connectivity index (χ4v) is 5.95. The van der Waals surface area contributed by atoms with Crippen molar-refractivity contribution in [3.05, 3.63) is 69.8 Å². The van der Waals surface area contributed by atoms with Gasteiger partial charge in [-0.2, -0.15) is 0 Å². The molecule has 0 saturated carbocycles. The van der Waals surface area contributed by atoms with Crippen molar-refractivity contribution in [2.45, 2.75) is 40.9 Å². The van der Waals surface area contributed by atoms with E-state index in [1.165, 1.54) is 22.3 Å². The molecule has 2 aromatic carbocycles. The average molecular weight is 464 g/mol. The molecule has 0 unspecified atom stereocenters. The summed E-state index contributed by atoms with van der Waals surface area (Å²) in [7, 11) is -2.72. The van der Waals surface area contributed by atoms with Gasteiger partial charge in [0.2, 0.25) is 0 Å². The van der Waals surface area contributed by atoms with Gasteiger partial charge >= 0.3 is 17.2 Å². The van der Waals surface area contributed by atoms with Crippen molar-refractivity contribution in [2.24, 2.45) is 5.41 Å². The van der Waals surface area contributed by atoms with Crippen molar-refractivity contribution in [1.82, 2.24) is 0 Å². The molecule has 6 nitrogen and oxygen atoms in total. The van der Waals surface area contributed by atoms with Gasteiger partial charge in [0, 0.05) is 0 Å². The number of hydrogen-bond donors (Lipinski definition) is 0. The maximum absolute atomic E-state index is 5.87. The highest BCUT2D eigenvalue weighted by Crippen LogP contribution is 2.53. The van der Waals surface area contributed by atoms with Gasteiger partial charge in [0.25, 0.3) is 0 Å². The zero-order chi connectivity index (χ0) is 21.8. The van der Waals surface area contributed by atoms with Gasteiger partial charge in [-0.05, 0) is 49.9 Å². The van der Waals surface area contributed by atoms with Crippen LogP contribution in [0.5, 0.6) is 0 Å². The van der Waals surface area contributed by atoms with Crippen LogP contribution in [0.2, 0.25) is 0 Å². The Bertz CT molecular complexity index is 813. The van der Waals surface area contributed by atoms with Crippen LogP contribution in [0.25, 0.3) is 0 Å². The Hall–Kier alpha value is -0.940. The zero-order valence-electron chi connectivity index (χ0n) is 18.6. The second-order valence-corrected chi connectivity index (χ2v) is 10.9. The lowest BCUT2D eigenvalue weighted by atomic mass is 9.93. The molecule has 2 fully saturated rings. The summed E-state index contributed by atoms with van der Waals surface area (Å²) in [6.45, 7) is 11.3. The van der Waals surface area contributed by atoms with Crippen LogP contribution in [0, 0.1) is 33.1 Å². The predicted molar refractivity (Wildman–Crippen MR) is 121 cm³/mol. The van der Waals surface area contributed by atoms with E-state index in [2.05, 4.69) is 64.1 Å². The molecule has 0 N–H and O–H groups in total. The van der Waals surface area contributed by atoms with Crippen LogP contribution in [0.4, 0.5) is 0 Å². The van der Waals surface area contributed by atoms with Gasteiger partial charge in [0.15, 0.2) is 0 Å². The van der Waals surface area contributed by atoms with Crippen LogP contribution in [0.1, 0.15) is 33.4 Å². The Morgan fingerprint density at radius 2 is 1.06 bits per heavy atom. The first-order valence-electron chi connectivity index (χ1n) is 10.4. The molecule has 0 bridgehead atoms. The van der Waals surface area contributed by atoms with Crippen molar-refractivity contribution in [1.29, 1.82) is 0 Å². The minimum Gasteiger partial charge on any atom is -0.311 e. The highest BCUT2D eigenvalue weighted by molar-refractivity contribution is 7.42. The summed E-state index contributed by atoms with van der Waals surface area (Å²) >= 11 is 0. The molecule has 168 valence electrons. The Morgan fingerprint density at radius 1 is 0.677 bits per heavy atom. The van der Waals surface area contributed by atoms with Gasteiger partial charge in [-0.1, -0.05) is 47.5 Å². The van der Waals surface area contributed by atoms with Crippen molar-refractivity contribution in [3.8, 4) is 0 Å². The molecule has 2 heterocycles. The summed E-state index contributed by atoms with van der Waals surface area (Å²) in [5.74, 6) is 0. The second kappa shape index (κ2) is 10.3. The normalized spacial score (nSPS) is 26.3. The van der Waals surface area contributed by atoms with E-state index in [9.17, 15) is 0 Å². The Balaban J connectivity index is 1.19. The predicted octanol–water partition coefficient (Wildman–Crippen LogP) is 6.19. The average Bonchev–Trinajstić information content (AvgIpc) is 2.75. The van der Waals surface area contributed by atoms with E-state index in [0.29, 0.717) is 39.6 Å². The molecule has 2 saturated heterocycles. The fourth-order valence-electron chi connectivity index (χ4n) is 3.49. The SMILES string of the molecule is Cc1ccc(COP2OCC3(CO2)COP(OCc2ccc(C)cc2C)OC3)c(C)c1. The molecular weight excluding hydrogens is 434 g/mol. The molecule has 2 aliphatic heterocycles. The van der Waals surface area contributed by atoms with E-state index in [1.54, 1.807) is 0 Å². The molecule has 2 aliphatic rings. The topological polar surface area (TPSA) is 55.4 Å². The fraction of sp³-hybridized carbons (Fsp3) is 0.478. The molecule has 2 aromatic rings. The van der Waals surface area contributed by atoms with Gasteiger partial charge in [0.1, 0.15) is 0 Å². The van der Waals surface area contributed by atoms with E-state index >= 15 is 0 Å². The van der Waals surface area contributed by atoms with E-state index in [0.717, 1.165) is 11.1 Å². The Morgan fingerprint density at radius 3 is 1.42 bits per heavy atom. The molecule has 4 rings (SSSR count). The standard InChI is InChI=1S/C23H30O6P2/c1-17-5-7-21(19(3)9-17)11-24-30-26-13-23(14-27-30)15-28-31(29-16-23)25-12-22-8-6-18(2)10-20(22)4/h5-10H,11-16H2,1-4H3. The van der Waals surface area contributed by atoms with Crippen molar-refractivity contribution in [2.75, 3.05) is 26.4 Å². The van der Waals surface area contributed by atoms with E-state index < -0.39 is 17.2 Å². The lowest BCUT2D eigenvalue weighted by molar-refractivity contribution is -0.0772. The first-order valence-corrected chi connectivity index (χ1v) is 12.6. The first-order chi connectivity index (χ1) is 14.9. The smallest absolute Gasteiger partial charge is 0.311 e.